The number of rotatable bonds is 6. The van der Waals surface area contributed by atoms with E-state index in [0.717, 1.165) is 25.7 Å². The van der Waals surface area contributed by atoms with Crippen LogP contribution in [0.3, 0.4) is 0 Å². The molecule has 0 bridgehead atoms. The Kier molecular flexibility index (Phi) is 5.44. The quantitative estimate of drug-likeness (QED) is 0.716. The summed E-state index contributed by atoms with van der Waals surface area (Å²) in [6.07, 6.45) is 4.06. The van der Waals surface area contributed by atoms with Crippen molar-refractivity contribution < 1.29 is 9.59 Å². The minimum Gasteiger partial charge on any atom is -0.353 e. The highest BCUT2D eigenvalue weighted by molar-refractivity contribution is 5.83. The SMILES string of the molecule is N[C@@H](CCC(=O)NC1Cc2ccccc2C1)C(=O)NC1Cc2ccccc2C1. The second-order valence-electron chi connectivity index (χ2n) is 7.97. The molecule has 0 aliphatic heterocycles. The van der Waals surface area contributed by atoms with E-state index in [2.05, 4.69) is 34.9 Å². The van der Waals surface area contributed by atoms with Crippen LogP contribution in [0.15, 0.2) is 48.5 Å². The average molecular weight is 377 g/mol. The lowest BCUT2D eigenvalue weighted by Crippen LogP contribution is -2.46. The van der Waals surface area contributed by atoms with E-state index in [4.69, 9.17) is 5.73 Å². The molecule has 0 heterocycles. The van der Waals surface area contributed by atoms with Crippen molar-refractivity contribution in [2.75, 3.05) is 0 Å². The molecule has 0 saturated carbocycles. The molecule has 4 rings (SSSR count). The number of carbonyl (C=O) groups is 2. The third kappa shape index (κ3) is 4.25. The van der Waals surface area contributed by atoms with Crippen molar-refractivity contribution in [2.45, 2.75) is 56.7 Å². The standard InChI is InChI=1S/C23H27N3O2/c24-21(23(28)26-20-13-17-7-3-4-8-18(17)14-20)9-10-22(27)25-19-11-15-5-1-2-6-16(15)12-19/h1-8,19-21H,9-14,24H2,(H,25,27)(H,26,28)/t21-/m0/s1. The van der Waals surface area contributed by atoms with E-state index in [1.54, 1.807) is 0 Å². The molecule has 2 aromatic rings. The van der Waals surface area contributed by atoms with Gasteiger partial charge in [0.1, 0.15) is 0 Å². The molecule has 0 spiro atoms. The summed E-state index contributed by atoms with van der Waals surface area (Å²) in [4.78, 5) is 24.7. The molecule has 0 fully saturated rings. The monoisotopic (exact) mass is 377 g/mol. The summed E-state index contributed by atoms with van der Waals surface area (Å²) in [7, 11) is 0. The van der Waals surface area contributed by atoms with Gasteiger partial charge < -0.3 is 16.4 Å². The van der Waals surface area contributed by atoms with Gasteiger partial charge in [0.2, 0.25) is 11.8 Å². The fraction of sp³-hybridized carbons (Fsp3) is 0.391. The van der Waals surface area contributed by atoms with Crippen LogP contribution in [0.2, 0.25) is 0 Å². The van der Waals surface area contributed by atoms with Gasteiger partial charge in [-0.1, -0.05) is 48.5 Å². The predicted octanol–water partition coefficient (Wildman–Crippen LogP) is 1.66. The second kappa shape index (κ2) is 8.15. The van der Waals surface area contributed by atoms with Crippen LogP contribution < -0.4 is 16.4 Å². The minimum atomic E-state index is -0.657. The summed E-state index contributed by atoms with van der Waals surface area (Å²) in [6, 6.07) is 16.1. The molecule has 2 aliphatic carbocycles. The van der Waals surface area contributed by atoms with E-state index >= 15 is 0 Å². The van der Waals surface area contributed by atoms with Crippen LogP contribution in [0.25, 0.3) is 0 Å². The van der Waals surface area contributed by atoms with Crippen LogP contribution in [-0.4, -0.2) is 29.9 Å². The van der Waals surface area contributed by atoms with Crippen molar-refractivity contribution in [3.63, 3.8) is 0 Å². The zero-order valence-corrected chi connectivity index (χ0v) is 16.0. The Bertz CT molecular complexity index is 830. The van der Waals surface area contributed by atoms with Gasteiger partial charge in [-0.2, -0.15) is 0 Å². The number of nitrogens with one attached hydrogen (secondary N) is 2. The molecule has 28 heavy (non-hydrogen) atoms. The highest BCUT2D eigenvalue weighted by atomic mass is 16.2. The summed E-state index contributed by atoms with van der Waals surface area (Å²) < 4.78 is 0. The molecule has 5 nitrogen and oxygen atoms in total. The number of amides is 2. The van der Waals surface area contributed by atoms with Crippen LogP contribution in [-0.2, 0) is 35.3 Å². The third-order valence-corrected chi connectivity index (χ3v) is 5.83. The second-order valence-corrected chi connectivity index (χ2v) is 7.97. The fourth-order valence-corrected chi connectivity index (χ4v) is 4.35. The summed E-state index contributed by atoms with van der Waals surface area (Å²) in [6.45, 7) is 0. The molecule has 2 amide bonds. The van der Waals surface area contributed by atoms with E-state index in [1.807, 2.05) is 24.3 Å². The topological polar surface area (TPSA) is 84.2 Å². The first-order chi connectivity index (χ1) is 13.6. The number of hydrogen-bond acceptors (Lipinski definition) is 3. The normalized spacial score (nSPS) is 17.0. The lowest BCUT2D eigenvalue weighted by atomic mass is 10.1. The highest BCUT2D eigenvalue weighted by Crippen LogP contribution is 2.22. The third-order valence-electron chi connectivity index (χ3n) is 5.83. The van der Waals surface area contributed by atoms with Gasteiger partial charge in [0.25, 0.3) is 0 Å². The van der Waals surface area contributed by atoms with Crippen molar-refractivity contribution in [1.82, 2.24) is 10.6 Å². The van der Waals surface area contributed by atoms with Gasteiger partial charge in [0.05, 0.1) is 6.04 Å². The molecular formula is C23H27N3O2. The van der Waals surface area contributed by atoms with Gasteiger partial charge in [-0.3, -0.25) is 9.59 Å². The summed E-state index contributed by atoms with van der Waals surface area (Å²) in [5, 5.41) is 6.12. The van der Waals surface area contributed by atoms with E-state index in [0.29, 0.717) is 6.42 Å². The van der Waals surface area contributed by atoms with Crippen molar-refractivity contribution in [3.8, 4) is 0 Å². The molecular weight excluding hydrogens is 350 g/mol. The van der Waals surface area contributed by atoms with Crippen molar-refractivity contribution >= 4 is 11.8 Å². The zero-order chi connectivity index (χ0) is 19.5. The van der Waals surface area contributed by atoms with E-state index in [-0.39, 0.29) is 30.3 Å². The maximum Gasteiger partial charge on any atom is 0.237 e. The van der Waals surface area contributed by atoms with Crippen molar-refractivity contribution in [2.24, 2.45) is 5.73 Å². The first-order valence-corrected chi connectivity index (χ1v) is 10.1. The first kappa shape index (κ1) is 18.7. The summed E-state index contributed by atoms with van der Waals surface area (Å²) in [5.41, 5.74) is 11.2. The van der Waals surface area contributed by atoms with Crippen LogP contribution >= 0.6 is 0 Å². The predicted molar refractivity (Wildman–Crippen MR) is 109 cm³/mol. The van der Waals surface area contributed by atoms with E-state index in [9.17, 15) is 9.59 Å². The van der Waals surface area contributed by atoms with Crippen molar-refractivity contribution in [1.29, 1.82) is 0 Å². The van der Waals surface area contributed by atoms with Gasteiger partial charge in [-0.15, -0.1) is 0 Å². The van der Waals surface area contributed by atoms with Crippen molar-refractivity contribution in [3.05, 3.63) is 70.8 Å². The lowest BCUT2D eigenvalue weighted by molar-refractivity contribution is -0.124. The maximum absolute atomic E-state index is 12.4. The Labute approximate surface area is 165 Å². The van der Waals surface area contributed by atoms with Crippen LogP contribution in [0.4, 0.5) is 0 Å². The summed E-state index contributed by atoms with van der Waals surface area (Å²) in [5.74, 6) is -0.201. The molecule has 1 atom stereocenters. The molecule has 0 saturated heterocycles. The van der Waals surface area contributed by atoms with E-state index < -0.39 is 6.04 Å². The minimum absolute atomic E-state index is 0.0330. The van der Waals surface area contributed by atoms with E-state index in [1.165, 1.54) is 22.3 Å². The Hall–Kier alpha value is -2.66. The average Bonchev–Trinajstić information content (AvgIpc) is 3.28. The molecule has 0 unspecified atom stereocenters. The number of carbonyl (C=O) groups excluding carboxylic acids is 2. The number of benzene rings is 2. The molecule has 0 radical (unpaired) electrons. The lowest BCUT2D eigenvalue weighted by Gasteiger charge is -2.17. The molecule has 4 N–H and O–H groups in total. The van der Waals surface area contributed by atoms with Gasteiger partial charge in [0.15, 0.2) is 0 Å². The largest absolute Gasteiger partial charge is 0.353 e. The molecule has 2 aromatic carbocycles. The number of hydrogen-bond donors (Lipinski definition) is 3. The maximum atomic E-state index is 12.4. The molecule has 146 valence electrons. The Balaban J connectivity index is 1.19. The first-order valence-electron chi connectivity index (χ1n) is 10.1. The zero-order valence-electron chi connectivity index (χ0n) is 16.0. The van der Waals surface area contributed by atoms with Gasteiger partial charge in [-0.25, -0.2) is 0 Å². The van der Waals surface area contributed by atoms with Crippen LogP contribution in [0.5, 0.6) is 0 Å². The Morgan fingerprint density at radius 3 is 1.71 bits per heavy atom. The fourth-order valence-electron chi connectivity index (χ4n) is 4.35. The highest BCUT2D eigenvalue weighted by Gasteiger charge is 2.26. The molecule has 0 aromatic heterocycles. The van der Waals surface area contributed by atoms with Gasteiger partial charge in [0, 0.05) is 18.5 Å². The van der Waals surface area contributed by atoms with Crippen LogP contribution in [0.1, 0.15) is 35.1 Å². The number of nitrogens with two attached hydrogens (primary N) is 1. The Morgan fingerprint density at radius 1 is 0.821 bits per heavy atom. The number of fused-ring (bicyclic) bond motifs is 2. The molecule has 2 aliphatic rings. The van der Waals surface area contributed by atoms with Crippen LogP contribution in [0, 0.1) is 0 Å². The smallest absolute Gasteiger partial charge is 0.237 e. The van der Waals surface area contributed by atoms with Gasteiger partial charge >= 0.3 is 0 Å². The molecule has 5 heteroatoms. The van der Waals surface area contributed by atoms with Gasteiger partial charge in [-0.05, 0) is 54.4 Å². The summed E-state index contributed by atoms with van der Waals surface area (Å²) >= 11 is 0. The Morgan fingerprint density at radius 2 is 1.25 bits per heavy atom.